The SMILES string of the molecule is C[C@H]1CCN1c1nc(N2CC3(CC(C(=O)O)C3)C2)cc(C(F)(F)F)c1C#N. The summed E-state index contributed by atoms with van der Waals surface area (Å²) in [5, 5.41) is 18.4. The molecule has 1 spiro atoms. The first-order valence-corrected chi connectivity index (χ1v) is 8.90. The molecular formula is C18H19F3N4O2. The molecule has 1 aliphatic carbocycles. The fourth-order valence-electron chi connectivity index (χ4n) is 4.40. The maximum atomic E-state index is 13.6. The highest BCUT2D eigenvalue weighted by molar-refractivity contribution is 5.72. The van der Waals surface area contributed by atoms with E-state index in [1.54, 1.807) is 15.9 Å². The quantitative estimate of drug-likeness (QED) is 0.869. The van der Waals surface area contributed by atoms with Crippen LogP contribution in [0.5, 0.6) is 0 Å². The van der Waals surface area contributed by atoms with Gasteiger partial charge < -0.3 is 14.9 Å². The number of aromatic nitrogens is 1. The standard InChI is InChI=1S/C18H19F3N4O2/c1-10-2-3-25(10)15-12(7-22)13(18(19,20)21)4-14(23-15)24-8-17(9-24)5-11(6-17)16(26)27/h4,10-11H,2-3,5-6,8-9H2,1H3,(H,26,27)/t10-/m0/s1. The van der Waals surface area contributed by atoms with E-state index in [1.165, 1.54) is 0 Å². The molecule has 144 valence electrons. The van der Waals surface area contributed by atoms with Crippen LogP contribution in [0, 0.1) is 22.7 Å². The Kier molecular flexibility index (Phi) is 3.81. The topological polar surface area (TPSA) is 80.5 Å². The number of carbonyl (C=O) groups is 1. The molecule has 0 radical (unpaired) electrons. The van der Waals surface area contributed by atoms with E-state index >= 15 is 0 Å². The van der Waals surface area contributed by atoms with Crippen molar-refractivity contribution in [3.63, 3.8) is 0 Å². The van der Waals surface area contributed by atoms with E-state index in [1.807, 2.05) is 6.92 Å². The number of nitrogens with zero attached hydrogens (tertiary/aromatic N) is 4. The molecule has 3 fully saturated rings. The molecule has 27 heavy (non-hydrogen) atoms. The first kappa shape index (κ1) is 17.9. The Balaban J connectivity index is 1.63. The van der Waals surface area contributed by atoms with Gasteiger partial charge in [-0.2, -0.15) is 18.4 Å². The highest BCUT2D eigenvalue weighted by Crippen LogP contribution is 2.53. The van der Waals surface area contributed by atoms with E-state index in [-0.39, 0.29) is 29.0 Å². The summed E-state index contributed by atoms with van der Waals surface area (Å²) in [6.07, 6.45) is -2.69. The fourth-order valence-corrected chi connectivity index (χ4v) is 4.40. The van der Waals surface area contributed by atoms with Gasteiger partial charge in [-0.3, -0.25) is 4.79 Å². The molecule has 2 aliphatic heterocycles. The summed E-state index contributed by atoms with van der Waals surface area (Å²) in [6, 6.07) is 2.69. The van der Waals surface area contributed by atoms with E-state index in [0.717, 1.165) is 12.5 Å². The average Bonchev–Trinajstić information content (AvgIpc) is 2.49. The zero-order valence-corrected chi connectivity index (χ0v) is 14.8. The lowest BCUT2D eigenvalue weighted by molar-refractivity contribution is -0.151. The number of pyridine rings is 1. The van der Waals surface area contributed by atoms with Crippen molar-refractivity contribution in [2.45, 2.75) is 38.4 Å². The maximum Gasteiger partial charge on any atom is 0.417 e. The number of carboxylic acids is 1. The van der Waals surface area contributed by atoms with Gasteiger partial charge in [0.25, 0.3) is 0 Å². The van der Waals surface area contributed by atoms with Crippen LogP contribution in [0.4, 0.5) is 24.8 Å². The van der Waals surface area contributed by atoms with Crippen molar-refractivity contribution in [3.05, 3.63) is 17.2 Å². The van der Waals surface area contributed by atoms with Gasteiger partial charge in [-0.25, -0.2) is 4.98 Å². The lowest BCUT2D eigenvalue weighted by Gasteiger charge is -2.58. The molecule has 1 N–H and O–H groups in total. The number of nitriles is 1. The molecule has 3 heterocycles. The third kappa shape index (κ3) is 2.78. The second-order valence-corrected chi connectivity index (χ2v) is 7.97. The Morgan fingerprint density at radius 1 is 1.41 bits per heavy atom. The molecule has 2 saturated heterocycles. The minimum atomic E-state index is -4.64. The van der Waals surface area contributed by atoms with E-state index in [2.05, 4.69) is 4.98 Å². The normalized spacial score (nSPS) is 24.0. The number of hydrogen-bond acceptors (Lipinski definition) is 5. The van der Waals surface area contributed by atoms with Gasteiger partial charge in [0.15, 0.2) is 0 Å². The second kappa shape index (κ2) is 5.75. The van der Waals surface area contributed by atoms with Gasteiger partial charge in [0.05, 0.1) is 11.5 Å². The molecule has 1 saturated carbocycles. The first-order valence-electron chi connectivity index (χ1n) is 8.90. The predicted octanol–water partition coefficient (Wildman–Crippen LogP) is 2.87. The largest absolute Gasteiger partial charge is 0.481 e. The third-order valence-electron chi connectivity index (χ3n) is 6.08. The van der Waals surface area contributed by atoms with E-state index in [9.17, 15) is 23.2 Å². The molecule has 3 aliphatic rings. The van der Waals surface area contributed by atoms with Crippen LogP contribution in [-0.2, 0) is 11.0 Å². The molecule has 1 aromatic heterocycles. The van der Waals surface area contributed by atoms with Gasteiger partial charge in [-0.1, -0.05) is 0 Å². The second-order valence-electron chi connectivity index (χ2n) is 7.97. The summed E-state index contributed by atoms with van der Waals surface area (Å²) >= 11 is 0. The van der Waals surface area contributed by atoms with E-state index < -0.39 is 23.3 Å². The maximum absolute atomic E-state index is 13.6. The predicted molar refractivity (Wildman–Crippen MR) is 90.4 cm³/mol. The van der Waals surface area contributed by atoms with Crippen molar-refractivity contribution in [2.75, 3.05) is 29.4 Å². The Bertz CT molecular complexity index is 834. The van der Waals surface area contributed by atoms with Crippen molar-refractivity contribution in [1.29, 1.82) is 5.26 Å². The van der Waals surface area contributed by atoms with Crippen LogP contribution in [0.25, 0.3) is 0 Å². The molecule has 4 rings (SSSR count). The van der Waals surface area contributed by atoms with Crippen molar-refractivity contribution >= 4 is 17.6 Å². The summed E-state index contributed by atoms with van der Waals surface area (Å²) in [6.45, 7) is 3.48. The Labute approximate surface area is 154 Å². The van der Waals surface area contributed by atoms with Gasteiger partial charge >= 0.3 is 12.1 Å². The van der Waals surface area contributed by atoms with Gasteiger partial charge in [0.1, 0.15) is 23.3 Å². The Hall–Kier alpha value is -2.50. The zero-order valence-electron chi connectivity index (χ0n) is 14.8. The van der Waals surface area contributed by atoms with Crippen LogP contribution in [0.2, 0.25) is 0 Å². The summed E-state index contributed by atoms with van der Waals surface area (Å²) in [7, 11) is 0. The van der Waals surface area contributed by atoms with Crippen molar-refractivity contribution < 1.29 is 23.1 Å². The molecule has 1 atom stereocenters. The van der Waals surface area contributed by atoms with Gasteiger partial charge in [0.2, 0.25) is 0 Å². The highest BCUT2D eigenvalue weighted by atomic mass is 19.4. The van der Waals surface area contributed by atoms with Crippen molar-refractivity contribution in [1.82, 2.24) is 4.98 Å². The fraction of sp³-hybridized carbons (Fsp3) is 0.611. The summed E-state index contributed by atoms with van der Waals surface area (Å²) in [5.41, 5.74) is -1.51. The summed E-state index contributed by atoms with van der Waals surface area (Å²) < 4.78 is 40.7. The summed E-state index contributed by atoms with van der Waals surface area (Å²) in [4.78, 5) is 18.9. The molecule has 1 aromatic rings. The minimum Gasteiger partial charge on any atom is -0.481 e. The minimum absolute atomic E-state index is 0.0478. The van der Waals surface area contributed by atoms with Crippen LogP contribution in [0.3, 0.4) is 0 Å². The summed E-state index contributed by atoms with van der Waals surface area (Å²) in [5.74, 6) is -0.868. The van der Waals surface area contributed by atoms with E-state index in [0.29, 0.717) is 32.5 Å². The molecule has 9 heteroatoms. The molecule has 0 bridgehead atoms. The van der Waals surface area contributed by atoms with Crippen LogP contribution in [0.1, 0.15) is 37.3 Å². The van der Waals surface area contributed by atoms with Crippen LogP contribution in [0.15, 0.2) is 6.07 Å². The number of aliphatic carboxylic acids is 1. The number of carboxylic acid groups (broad SMARTS) is 1. The van der Waals surface area contributed by atoms with Crippen molar-refractivity contribution in [2.24, 2.45) is 11.3 Å². The van der Waals surface area contributed by atoms with Crippen LogP contribution < -0.4 is 9.80 Å². The average molecular weight is 380 g/mol. The van der Waals surface area contributed by atoms with E-state index in [4.69, 9.17) is 5.11 Å². The lowest BCUT2D eigenvalue weighted by atomic mass is 9.58. The highest BCUT2D eigenvalue weighted by Gasteiger charge is 2.55. The number of anilines is 2. The molecule has 6 nitrogen and oxygen atoms in total. The molecule has 0 amide bonds. The number of alkyl halides is 3. The molecule has 0 unspecified atom stereocenters. The smallest absolute Gasteiger partial charge is 0.417 e. The lowest BCUT2D eigenvalue weighted by Crippen LogP contribution is -2.63. The first-order chi connectivity index (χ1) is 12.6. The van der Waals surface area contributed by atoms with Crippen molar-refractivity contribution in [3.8, 4) is 6.07 Å². The monoisotopic (exact) mass is 380 g/mol. The number of halogens is 3. The Morgan fingerprint density at radius 3 is 2.52 bits per heavy atom. The van der Waals surface area contributed by atoms with Gasteiger partial charge in [-0.05, 0) is 32.3 Å². The number of hydrogen-bond donors (Lipinski definition) is 1. The van der Waals surface area contributed by atoms with Gasteiger partial charge in [0, 0.05) is 31.1 Å². The molecular weight excluding hydrogens is 361 g/mol. The van der Waals surface area contributed by atoms with Gasteiger partial charge in [-0.15, -0.1) is 0 Å². The number of rotatable bonds is 3. The zero-order chi connectivity index (χ0) is 19.6. The third-order valence-corrected chi connectivity index (χ3v) is 6.08. The Morgan fingerprint density at radius 2 is 2.07 bits per heavy atom. The van der Waals surface area contributed by atoms with Crippen LogP contribution in [-0.4, -0.2) is 41.7 Å². The van der Waals surface area contributed by atoms with Crippen LogP contribution >= 0.6 is 0 Å². The molecule has 0 aromatic carbocycles.